The number of hydrogen-bond donors (Lipinski definition) is 3. The molecule has 28 heavy (non-hydrogen) atoms. The van der Waals surface area contributed by atoms with E-state index in [1.165, 1.54) is 16.9 Å². The van der Waals surface area contributed by atoms with Gasteiger partial charge >= 0.3 is 0 Å². The van der Waals surface area contributed by atoms with E-state index in [1.807, 2.05) is 29.8 Å². The zero-order chi connectivity index (χ0) is 19.8. The molecular formula is C21H25N5OS. The van der Waals surface area contributed by atoms with Gasteiger partial charge in [0.25, 0.3) is 5.91 Å². The Kier molecular flexibility index (Phi) is 6.66. The maximum atomic E-state index is 12.5. The summed E-state index contributed by atoms with van der Waals surface area (Å²) in [5.41, 5.74) is 1.18. The first-order valence-electron chi connectivity index (χ1n) is 9.42. The number of benzene rings is 1. The van der Waals surface area contributed by atoms with Crippen LogP contribution in [0.1, 0.15) is 40.9 Å². The monoisotopic (exact) mass is 395 g/mol. The smallest absolute Gasteiger partial charge is 0.261 e. The van der Waals surface area contributed by atoms with Crippen molar-refractivity contribution in [3.8, 4) is 6.19 Å². The van der Waals surface area contributed by atoms with Crippen molar-refractivity contribution in [2.45, 2.75) is 37.1 Å². The molecule has 6 nitrogen and oxygen atoms in total. The van der Waals surface area contributed by atoms with E-state index in [4.69, 9.17) is 5.26 Å². The number of nitrogens with one attached hydrogen (secondary N) is 3. The Morgan fingerprint density at radius 3 is 2.61 bits per heavy atom. The molecule has 0 atom stereocenters. The molecule has 0 spiro atoms. The van der Waals surface area contributed by atoms with Gasteiger partial charge in [-0.25, -0.2) is 0 Å². The summed E-state index contributed by atoms with van der Waals surface area (Å²) in [6.45, 7) is 0.617. The molecule has 0 saturated heterocycles. The number of carbonyl (C=O) groups excluding carboxylic acids is 1. The standard InChI is InChI=1S/C21H25N5OS/c1-23-20(25-15-22)26-17-9-11-21(12-10-17,16-6-3-2-4-7-16)14-24-19(27)18-8-5-13-28-18/h2-8,13,17H,9-12,14H2,1H3,(H,24,27)(H2,23,25,26). The van der Waals surface area contributed by atoms with E-state index in [9.17, 15) is 4.79 Å². The first-order valence-corrected chi connectivity index (χ1v) is 10.3. The second-order valence-corrected chi connectivity index (χ2v) is 7.98. The van der Waals surface area contributed by atoms with E-state index in [1.54, 1.807) is 7.05 Å². The van der Waals surface area contributed by atoms with Gasteiger partial charge in [0, 0.05) is 25.0 Å². The molecule has 1 aliphatic carbocycles. The maximum absolute atomic E-state index is 12.5. The lowest BCUT2D eigenvalue weighted by Gasteiger charge is -2.41. The molecule has 3 N–H and O–H groups in total. The van der Waals surface area contributed by atoms with Gasteiger partial charge in [-0.2, -0.15) is 5.26 Å². The minimum Gasteiger partial charge on any atom is -0.353 e. The zero-order valence-corrected chi connectivity index (χ0v) is 16.8. The molecule has 0 bridgehead atoms. The molecule has 1 fully saturated rings. The predicted octanol–water partition coefficient (Wildman–Crippen LogP) is 3.00. The molecule has 1 aromatic carbocycles. The molecule has 1 saturated carbocycles. The number of nitriles is 1. The summed E-state index contributed by atoms with van der Waals surface area (Å²) in [6, 6.07) is 14.4. The summed E-state index contributed by atoms with van der Waals surface area (Å²) in [5.74, 6) is 0.495. The van der Waals surface area contributed by atoms with E-state index in [0.29, 0.717) is 12.5 Å². The lowest BCUT2D eigenvalue weighted by atomic mass is 9.68. The summed E-state index contributed by atoms with van der Waals surface area (Å²) in [4.78, 5) is 17.3. The van der Waals surface area contributed by atoms with Crippen LogP contribution in [-0.4, -0.2) is 31.5 Å². The molecular weight excluding hydrogens is 370 g/mol. The molecule has 2 aromatic rings. The lowest BCUT2D eigenvalue weighted by molar-refractivity contribution is 0.0939. The van der Waals surface area contributed by atoms with Crippen molar-refractivity contribution in [3.05, 3.63) is 58.3 Å². The van der Waals surface area contributed by atoms with Crippen LogP contribution in [0.3, 0.4) is 0 Å². The Balaban J connectivity index is 1.69. The van der Waals surface area contributed by atoms with Crippen molar-refractivity contribution in [2.75, 3.05) is 13.6 Å². The normalized spacial score (nSPS) is 22.1. The average molecular weight is 396 g/mol. The number of thiophene rings is 1. The van der Waals surface area contributed by atoms with Gasteiger partial charge in [-0.3, -0.25) is 15.1 Å². The summed E-state index contributed by atoms with van der Waals surface area (Å²) in [6.07, 6.45) is 5.68. The van der Waals surface area contributed by atoms with Crippen LogP contribution < -0.4 is 16.0 Å². The summed E-state index contributed by atoms with van der Waals surface area (Å²) in [7, 11) is 1.66. The predicted molar refractivity (Wildman–Crippen MR) is 112 cm³/mol. The topological polar surface area (TPSA) is 89.3 Å². The summed E-state index contributed by atoms with van der Waals surface area (Å²) >= 11 is 1.46. The van der Waals surface area contributed by atoms with Crippen LogP contribution in [0.2, 0.25) is 0 Å². The van der Waals surface area contributed by atoms with Crippen LogP contribution in [0.15, 0.2) is 52.8 Å². The number of nitrogens with zero attached hydrogens (tertiary/aromatic N) is 2. The minimum absolute atomic E-state index is 0.0100. The van der Waals surface area contributed by atoms with Gasteiger partial charge in [0.2, 0.25) is 5.96 Å². The molecule has 1 aliphatic rings. The molecule has 1 heterocycles. The van der Waals surface area contributed by atoms with Crippen molar-refractivity contribution in [3.63, 3.8) is 0 Å². The van der Waals surface area contributed by atoms with Gasteiger partial charge in [-0.1, -0.05) is 36.4 Å². The quantitative estimate of drug-likeness (QED) is 0.314. The summed E-state index contributed by atoms with van der Waals surface area (Å²) in [5, 5.41) is 19.8. The second-order valence-electron chi connectivity index (χ2n) is 7.03. The fourth-order valence-electron chi connectivity index (χ4n) is 3.82. The maximum Gasteiger partial charge on any atom is 0.261 e. The van der Waals surface area contributed by atoms with Gasteiger partial charge in [-0.05, 0) is 42.7 Å². The van der Waals surface area contributed by atoms with Crippen LogP contribution in [0.25, 0.3) is 0 Å². The van der Waals surface area contributed by atoms with Crippen LogP contribution in [-0.2, 0) is 5.41 Å². The third-order valence-corrected chi connectivity index (χ3v) is 6.27. The summed E-state index contributed by atoms with van der Waals surface area (Å²) < 4.78 is 0. The third kappa shape index (κ3) is 4.70. The van der Waals surface area contributed by atoms with E-state index in [2.05, 4.69) is 45.2 Å². The SMILES string of the molecule is CN=C(NC#N)NC1CCC(CNC(=O)c2cccs2)(c2ccccc2)CC1. The highest BCUT2D eigenvalue weighted by Crippen LogP contribution is 2.39. The molecule has 0 aliphatic heterocycles. The van der Waals surface area contributed by atoms with Gasteiger partial charge in [-0.15, -0.1) is 11.3 Å². The fourth-order valence-corrected chi connectivity index (χ4v) is 4.46. The molecule has 7 heteroatoms. The molecule has 146 valence electrons. The Morgan fingerprint density at radius 1 is 1.25 bits per heavy atom. The Labute approximate surface area is 169 Å². The first kappa shape index (κ1) is 19.9. The van der Waals surface area contributed by atoms with E-state index < -0.39 is 0 Å². The van der Waals surface area contributed by atoms with Crippen LogP contribution in [0, 0.1) is 11.5 Å². The Bertz CT molecular complexity index is 833. The van der Waals surface area contributed by atoms with Crippen LogP contribution in [0.5, 0.6) is 0 Å². The molecule has 1 aromatic heterocycles. The highest BCUT2D eigenvalue weighted by atomic mass is 32.1. The zero-order valence-electron chi connectivity index (χ0n) is 15.9. The fraction of sp³-hybridized carbons (Fsp3) is 0.381. The second kappa shape index (κ2) is 9.38. The molecule has 0 unspecified atom stereocenters. The van der Waals surface area contributed by atoms with Crippen molar-refractivity contribution in [1.82, 2.24) is 16.0 Å². The Morgan fingerprint density at radius 2 is 2.00 bits per heavy atom. The van der Waals surface area contributed by atoms with Crippen molar-refractivity contribution in [1.29, 1.82) is 5.26 Å². The van der Waals surface area contributed by atoms with E-state index in [-0.39, 0.29) is 17.4 Å². The number of carbonyl (C=O) groups is 1. The van der Waals surface area contributed by atoms with Gasteiger partial charge in [0.15, 0.2) is 6.19 Å². The molecule has 1 amide bonds. The number of aliphatic imine (C=N–C) groups is 1. The van der Waals surface area contributed by atoms with Crippen molar-refractivity contribution in [2.24, 2.45) is 4.99 Å². The van der Waals surface area contributed by atoms with E-state index in [0.717, 1.165) is 30.6 Å². The number of guanidine groups is 1. The largest absolute Gasteiger partial charge is 0.353 e. The van der Waals surface area contributed by atoms with Gasteiger partial charge in [0.05, 0.1) is 4.88 Å². The number of amides is 1. The minimum atomic E-state index is -0.0848. The first-order chi connectivity index (χ1) is 13.7. The lowest BCUT2D eigenvalue weighted by Crippen LogP contribution is -2.49. The van der Waals surface area contributed by atoms with Crippen molar-refractivity contribution < 1.29 is 4.79 Å². The number of hydrogen-bond acceptors (Lipinski definition) is 4. The molecule has 0 radical (unpaired) electrons. The van der Waals surface area contributed by atoms with Crippen LogP contribution >= 0.6 is 11.3 Å². The highest BCUT2D eigenvalue weighted by molar-refractivity contribution is 7.12. The van der Waals surface area contributed by atoms with E-state index >= 15 is 0 Å². The Hall–Kier alpha value is -2.85. The number of rotatable bonds is 5. The van der Waals surface area contributed by atoms with Crippen LogP contribution in [0.4, 0.5) is 0 Å². The van der Waals surface area contributed by atoms with Gasteiger partial charge in [0.1, 0.15) is 0 Å². The average Bonchev–Trinajstić information content (AvgIpc) is 3.28. The van der Waals surface area contributed by atoms with Gasteiger partial charge < -0.3 is 10.6 Å². The highest BCUT2D eigenvalue weighted by Gasteiger charge is 2.37. The third-order valence-electron chi connectivity index (χ3n) is 5.40. The van der Waals surface area contributed by atoms with Crippen molar-refractivity contribution >= 4 is 23.2 Å². The molecule has 3 rings (SSSR count).